The molecule has 0 aromatic carbocycles. The Morgan fingerprint density at radius 2 is 1.39 bits per heavy atom. The number of piperazine rings is 1. The maximum atomic E-state index is 12.5. The van der Waals surface area contributed by atoms with Gasteiger partial charge in [0.25, 0.3) is 11.0 Å². The third-order valence-corrected chi connectivity index (χ3v) is 7.13. The number of hydrogen-bond donors (Lipinski definition) is 2. The second-order valence-corrected chi connectivity index (χ2v) is 10.3. The molecule has 2 N–H and O–H groups in total. The number of amides is 1. The van der Waals surface area contributed by atoms with Gasteiger partial charge in [-0.1, -0.05) is 89.9 Å². The van der Waals surface area contributed by atoms with Crippen molar-refractivity contribution in [2.75, 3.05) is 44.2 Å². The monoisotopic (exact) mass is 535 g/mol. The van der Waals surface area contributed by atoms with Crippen LogP contribution in [-0.4, -0.2) is 65.6 Å². The van der Waals surface area contributed by atoms with Crippen LogP contribution in [0, 0.1) is 10.1 Å². The summed E-state index contributed by atoms with van der Waals surface area (Å²) < 4.78 is 0. The zero-order valence-corrected chi connectivity index (χ0v) is 23.2. The average Bonchev–Trinajstić information content (AvgIpc) is 2.94. The molecule has 0 saturated carbocycles. The average molecular weight is 536 g/mol. The van der Waals surface area contributed by atoms with Gasteiger partial charge in [-0.2, -0.15) is 0 Å². The summed E-state index contributed by atoms with van der Waals surface area (Å²) in [4.78, 5) is 33.4. The fourth-order valence-corrected chi connectivity index (χ4v) is 4.82. The molecule has 10 nitrogen and oxygen atoms in total. The molecule has 0 unspecified atom stereocenters. The Bertz CT molecular complexity index is 759. The van der Waals surface area contributed by atoms with Crippen LogP contribution in [0.1, 0.15) is 113 Å². The summed E-state index contributed by atoms with van der Waals surface area (Å²) in [5.74, 6) is 0.487. The van der Waals surface area contributed by atoms with E-state index in [1.165, 1.54) is 64.2 Å². The highest BCUT2D eigenvalue weighted by Crippen LogP contribution is 2.15. The number of hydroxylamine groups is 2. The van der Waals surface area contributed by atoms with E-state index in [0.717, 1.165) is 75.6 Å². The molecule has 0 radical (unpaired) electrons. The number of aromatic nitrogens is 1. The highest BCUT2D eigenvalue weighted by molar-refractivity contribution is 5.93. The maximum Gasteiger partial charge on any atom is 0.294 e. The number of carbonyl (C=O) groups excluding carboxylic acids is 1. The van der Waals surface area contributed by atoms with Gasteiger partial charge in [0.05, 0.1) is 12.2 Å². The smallest absolute Gasteiger partial charge is 0.294 e. The van der Waals surface area contributed by atoms with Gasteiger partial charge < -0.3 is 15.1 Å². The van der Waals surface area contributed by atoms with Crippen LogP contribution < -0.4 is 10.2 Å². The van der Waals surface area contributed by atoms with Crippen LogP contribution in [-0.2, 0) is 4.84 Å². The molecule has 1 fully saturated rings. The van der Waals surface area contributed by atoms with Crippen LogP contribution in [0.25, 0.3) is 0 Å². The molecule has 1 amide bonds. The molecular weight excluding hydrogens is 486 g/mol. The first-order valence-electron chi connectivity index (χ1n) is 14.8. The SMILES string of the molecule is O=C(c1ccc(N2CCNCC2)nc1)N(O)CCCCCCCCCCCCCCCCCCO[N+](=O)[O-]. The molecule has 1 aliphatic rings. The van der Waals surface area contributed by atoms with Crippen molar-refractivity contribution in [3.8, 4) is 0 Å². The van der Waals surface area contributed by atoms with E-state index in [1.807, 2.05) is 6.07 Å². The van der Waals surface area contributed by atoms with Crippen LogP contribution in [0.15, 0.2) is 18.3 Å². The van der Waals surface area contributed by atoms with E-state index < -0.39 is 5.09 Å². The predicted octanol–water partition coefficient (Wildman–Crippen LogP) is 5.77. The quantitative estimate of drug-likeness (QED) is 0.0830. The number of rotatable bonds is 22. The molecule has 216 valence electrons. The Morgan fingerprint density at radius 1 is 0.895 bits per heavy atom. The fraction of sp³-hybridized carbons (Fsp3) is 0.786. The lowest BCUT2D eigenvalue weighted by atomic mass is 10.0. The van der Waals surface area contributed by atoms with Crippen LogP contribution >= 0.6 is 0 Å². The summed E-state index contributed by atoms with van der Waals surface area (Å²) in [6.07, 6.45) is 20.2. The molecule has 2 heterocycles. The number of unbranched alkanes of at least 4 members (excludes halogenated alkanes) is 15. The standard InChI is InChI=1S/C28H49N5O5/c34-28(26-17-18-27(30-25-26)31-22-19-29-20-23-31)32(35)21-15-13-11-9-7-5-3-1-2-4-6-8-10-12-14-16-24-38-33(36)37/h17-18,25,29,35H,1-16,19-24H2. The van der Waals surface area contributed by atoms with E-state index in [2.05, 4.69) is 20.0 Å². The van der Waals surface area contributed by atoms with Gasteiger partial charge in [-0.3, -0.25) is 10.0 Å². The van der Waals surface area contributed by atoms with Gasteiger partial charge in [-0.15, -0.1) is 10.1 Å². The third kappa shape index (κ3) is 14.5. The number of nitrogens with one attached hydrogen (secondary N) is 1. The van der Waals surface area contributed by atoms with Crippen molar-refractivity contribution in [3.05, 3.63) is 34.0 Å². The number of carbonyl (C=O) groups is 1. The molecular formula is C28H49N5O5. The maximum absolute atomic E-state index is 12.5. The van der Waals surface area contributed by atoms with E-state index in [-0.39, 0.29) is 12.5 Å². The van der Waals surface area contributed by atoms with Crippen molar-refractivity contribution >= 4 is 11.7 Å². The second-order valence-electron chi connectivity index (χ2n) is 10.3. The summed E-state index contributed by atoms with van der Waals surface area (Å²) in [5, 5.41) is 23.6. The highest BCUT2D eigenvalue weighted by atomic mass is 16.9. The molecule has 2 rings (SSSR count). The topological polar surface area (TPSA) is 121 Å². The minimum atomic E-state index is -0.718. The summed E-state index contributed by atoms with van der Waals surface area (Å²) in [5.41, 5.74) is 0.421. The van der Waals surface area contributed by atoms with E-state index >= 15 is 0 Å². The van der Waals surface area contributed by atoms with Gasteiger partial charge in [0, 0.05) is 38.9 Å². The van der Waals surface area contributed by atoms with Crippen molar-refractivity contribution in [3.63, 3.8) is 0 Å². The molecule has 1 saturated heterocycles. The number of hydrogen-bond acceptors (Lipinski definition) is 8. The van der Waals surface area contributed by atoms with Gasteiger partial charge in [0.2, 0.25) is 0 Å². The Kier molecular flexibility index (Phi) is 17.1. The first-order chi connectivity index (χ1) is 18.6. The van der Waals surface area contributed by atoms with Gasteiger partial charge in [0.1, 0.15) is 5.82 Å². The Balaban J connectivity index is 1.35. The Hall–Kier alpha value is -2.46. The van der Waals surface area contributed by atoms with Gasteiger partial charge in [0.15, 0.2) is 0 Å². The van der Waals surface area contributed by atoms with Crippen LogP contribution in [0.2, 0.25) is 0 Å². The normalized spacial score (nSPS) is 13.4. The van der Waals surface area contributed by atoms with Gasteiger partial charge >= 0.3 is 0 Å². The largest absolute Gasteiger partial charge is 0.354 e. The predicted molar refractivity (Wildman–Crippen MR) is 149 cm³/mol. The van der Waals surface area contributed by atoms with E-state index in [9.17, 15) is 20.1 Å². The molecule has 0 spiro atoms. The number of pyridine rings is 1. The zero-order valence-electron chi connectivity index (χ0n) is 23.2. The molecule has 1 aromatic rings. The molecule has 0 bridgehead atoms. The van der Waals surface area contributed by atoms with Gasteiger partial charge in [-0.05, 0) is 25.0 Å². The lowest BCUT2D eigenvalue weighted by Crippen LogP contribution is -2.43. The summed E-state index contributed by atoms with van der Waals surface area (Å²) >= 11 is 0. The first-order valence-corrected chi connectivity index (χ1v) is 14.8. The van der Waals surface area contributed by atoms with Crippen LogP contribution in [0.4, 0.5) is 5.82 Å². The minimum absolute atomic E-state index is 0.223. The van der Waals surface area contributed by atoms with Crippen molar-refractivity contribution in [2.24, 2.45) is 0 Å². The van der Waals surface area contributed by atoms with E-state index in [0.29, 0.717) is 12.1 Å². The summed E-state index contributed by atoms with van der Waals surface area (Å²) in [7, 11) is 0. The number of nitrogens with zero attached hydrogens (tertiary/aromatic N) is 4. The van der Waals surface area contributed by atoms with Crippen LogP contribution in [0.3, 0.4) is 0 Å². The highest BCUT2D eigenvalue weighted by Gasteiger charge is 2.16. The third-order valence-electron chi connectivity index (χ3n) is 7.13. The second kappa shape index (κ2) is 20.5. The summed E-state index contributed by atoms with van der Waals surface area (Å²) in [6.45, 7) is 4.26. The molecule has 10 heteroatoms. The van der Waals surface area contributed by atoms with Crippen LogP contribution in [0.5, 0.6) is 0 Å². The van der Waals surface area contributed by atoms with E-state index in [1.54, 1.807) is 12.3 Å². The molecule has 1 aliphatic heterocycles. The molecule has 1 aromatic heterocycles. The van der Waals surface area contributed by atoms with E-state index in [4.69, 9.17) is 0 Å². The first kappa shape index (κ1) is 31.8. The Morgan fingerprint density at radius 3 is 1.87 bits per heavy atom. The number of anilines is 1. The van der Waals surface area contributed by atoms with Crippen molar-refractivity contribution < 1.29 is 19.9 Å². The molecule has 0 atom stereocenters. The molecule has 38 heavy (non-hydrogen) atoms. The van der Waals surface area contributed by atoms with Crippen molar-refractivity contribution in [2.45, 2.75) is 103 Å². The zero-order chi connectivity index (χ0) is 27.3. The van der Waals surface area contributed by atoms with Crippen molar-refractivity contribution in [1.29, 1.82) is 0 Å². The lowest BCUT2D eigenvalue weighted by molar-refractivity contribution is -0.757. The van der Waals surface area contributed by atoms with Gasteiger partial charge in [-0.25, -0.2) is 10.0 Å². The Labute approximate surface area is 228 Å². The fourth-order valence-electron chi connectivity index (χ4n) is 4.82. The summed E-state index contributed by atoms with van der Waals surface area (Å²) in [6, 6.07) is 3.61. The lowest BCUT2D eigenvalue weighted by Gasteiger charge is -2.28. The molecule has 0 aliphatic carbocycles. The minimum Gasteiger partial charge on any atom is -0.354 e. The van der Waals surface area contributed by atoms with Crippen molar-refractivity contribution in [1.82, 2.24) is 15.4 Å².